The molecule has 15 heavy (non-hydrogen) atoms. The lowest BCUT2D eigenvalue weighted by Crippen LogP contribution is -2.52. The van der Waals surface area contributed by atoms with E-state index in [2.05, 4.69) is 10.6 Å². The molecule has 1 unspecified atom stereocenters. The Morgan fingerprint density at radius 3 is 2.47 bits per heavy atom. The van der Waals surface area contributed by atoms with E-state index >= 15 is 0 Å². The van der Waals surface area contributed by atoms with Crippen LogP contribution in [-0.2, 0) is 4.79 Å². The first-order chi connectivity index (χ1) is 6.95. The maximum atomic E-state index is 12.5. The van der Waals surface area contributed by atoms with Crippen molar-refractivity contribution in [2.24, 2.45) is 0 Å². The molecule has 2 N–H and O–H groups in total. The summed E-state index contributed by atoms with van der Waals surface area (Å²) >= 11 is 0. The van der Waals surface area contributed by atoms with E-state index < -0.39 is 23.7 Å². The molecule has 3 nitrogen and oxygen atoms in total. The van der Waals surface area contributed by atoms with Crippen molar-refractivity contribution < 1.29 is 18.0 Å². The molecule has 1 aliphatic heterocycles. The fourth-order valence-electron chi connectivity index (χ4n) is 1.84. The lowest BCUT2D eigenvalue weighted by atomic mass is 10.2. The van der Waals surface area contributed by atoms with Crippen LogP contribution in [0.5, 0.6) is 0 Å². The molecule has 0 aromatic heterocycles. The number of hydrogen-bond donors (Lipinski definition) is 2. The van der Waals surface area contributed by atoms with E-state index in [9.17, 15) is 18.0 Å². The van der Waals surface area contributed by atoms with Crippen LogP contribution in [0.4, 0.5) is 13.2 Å². The van der Waals surface area contributed by atoms with Crippen LogP contribution in [0.25, 0.3) is 0 Å². The first-order valence-corrected chi connectivity index (χ1v) is 5.07. The van der Waals surface area contributed by atoms with Crippen molar-refractivity contribution in [1.82, 2.24) is 10.6 Å². The van der Waals surface area contributed by atoms with E-state index in [0.29, 0.717) is 13.0 Å². The molecular formula is C9H13F3N2O. The summed E-state index contributed by atoms with van der Waals surface area (Å²) in [5.74, 6) is -0.512. The Kier molecular flexibility index (Phi) is 2.41. The molecule has 0 radical (unpaired) electrons. The number of hydrogen-bond acceptors (Lipinski definition) is 2. The third-order valence-corrected chi connectivity index (χ3v) is 3.03. The predicted molar refractivity (Wildman–Crippen MR) is 47.2 cm³/mol. The van der Waals surface area contributed by atoms with E-state index in [4.69, 9.17) is 0 Å². The molecule has 6 heteroatoms. The first kappa shape index (κ1) is 10.7. The minimum Gasteiger partial charge on any atom is -0.341 e. The Bertz CT molecular complexity index is 267. The first-order valence-electron chi connectivity index (χ1n) is 5.07. The van der Waals surface area contributed by atoms with Gasteiger partial charge in [-0.25, -0.2) is 0 Å². The number of carbonyl (C=O) groups excluding carboxylic acids is 1. The SMILES string of the molecule is O=C(NC1(C(F)(F)F)CC1)C1CCCN1. The van der Waals surface area contributed by atoms with Crippen molar-refractivity contribution in [3.05, 3.63) is 0 Å². The molecule has 2 aliphatic rings. The third-order valence-electron chi connectivity index (χ3n) is 3.03. The van der Waals surface area contributed by atoms with Crippen LogP contribution in [0, 0.1) is 0 Å². The van der Waals surface area contributed by atoms with Gasteiger partial charge < -0.3 is 10.6 Å². The minimum absolute atomic E-state index is 0.00889. The highest BCUT2D eigenvalue weighted by molar-refractivity contribution is 5.83. The Morgan fingerprint density at radius 2 is 2.07 bits per heavy atom. The second-order valence-electron chi connectivity index (χ2n) is 4.22. The van der Waals surface area contributed by atoms with Gasteiger partial charge >= 0.3 is 6.18 Å². The Hall–Kier alpha value is -0.780. The molecular weight excluding hydrogens is 209 g/mol. The monoisotopic (exact) mass is 222 g/mol. The molecule has 86 valence electrons. The van der Waals surface area contributed by atoms with Crippen molar-refractivity contribution in [3.8, 4) is 0 Å². The quantitative estimate of drug-likeness (QED) is 0.730. The standard InChI is InChI=1S/C9H13F3N2O/c10-9(11,12)8(3-4-8)14-7(15)6-2-1-5-13-6/h6,13H,1-5H2,(H,14,15). The van der Waals surface area contributed by atoms with Crippen molar-refractivity contribution in [1.29, 1.82) is 0 Å². The van der Waals surface area contributed by atoms with E-state index in [1.54, 1.807) is 0 Å². The fourth-order valence-corrected chi connectivity index (χ4v) is 1.84. The Balaban J connectivity index is 1.94. The van der Waals surface area contributed by atoms with Crippen LogP contribution in [0.1, 0.15) is 25.7 Å². The van der Waals surface area contributed by atoms with Crippen LogP contribution in [-0.4, -0.2) is 30.2 Å². The number of nitrogens with one attached hydrogen (secondary N) is 2. The van der Waals surface area contributed by atoms with E-state index in [1.807, 2.05) is 0 Å². The van der Waals surface area contributed by atoms with Crippen LogP contribution in [0.15, 0.2) is 0 Å². The van der Waals surface area contributed by atoms with Crippen molar-refractivity contribution in [2.45, 2.75) is 43.4 Å². The molecule has 0 aromatic carbocycles. The van der Waals surface area contributed by atoms with Gasteiger partial charge in [-0.15, -0.1) is 0 Å². The summed E-state index contributed by atoms with van der Waals surface area (Å²) in [6, 6.07) is -0.440. The second-order valence-corrected chi connectivity index (χ2v) is 4.22. The van der Waals surface area contributed by atoms with Gasteiger partial charge in [-0.3, -0.25) is 4.79 Å². The van der Waals surface area contributed by atoms with Gasteiger partial charge in [0.2, 0.25) is 5.91 Å². The van der Waals surface area contributed by atoms with Crippen LogP contribution < -0.4 is 10.6 Å². The van der Waals surface area contributed by atoms with Gasteiger partial charge in [0.1, 0.15) is 5.54 Å². The summed E-state index contributed by atoms with van der Waals surface area (Å²) in [4.78, 5) is 11.5. The van der Waals surface area contributed by atoms with Gasteiger partial charge in [0.15, 0.2) is 0 Å². The van der Waals surface area contributed by atoms with Gasteiger partial charge in [-0.05, 0) is 32.2 Å². The molecule has 1 amide bonds. The summed E-state index contributed by atoms with van der Waals surface area (Å²) < 4.78 is 37.5. The summed E-state index contributed by atoms with van der Waals surface area (Å²) in [6.07, 6.45) is -2.83. The summed E-state index contributed by atoms with van der Waals surface area (Å²) in [5, 5.41) is 5.00. The number of carbonyl (C=O) groups is 1. The molecule has 1 atom stereocenters. The zero-order chi connectivity index (χ0) is 11.1. The average Bonchev–Trinajstić information content (AvgIpc) is 2.74. The van der Waals surface area contributed by atoms with E-state index in [0.717, 1.165) is 6.42 Å². The average molecular weight is 222 g/mol. The molecule has 2 rings (SSSR count). The van der Waals surface area contributed by atoms with Gasteiger partial charge in [-0.2, -0.15) is 13.2 Å². The van der Waals surface area contributed by atoms with Gasteiger partial charge in [0.25, 0.3) is 0 Å². The van der Waals surface area contributed by atoms with Crippen molar-refractivity contribution in [3.63, 3.8) is 0 Å². The molecule has 1 saturated carbocycles. The van der Waals surface area contributed by atoms with Crippen molar-refractivity contribution in [2.75, 3.05) is 6.54 Å². The fraction of sp³-hybridized carbons (Fsp3) is 0.889. The zero-order valence-electron chi connectivity index (χ0n) is 8.16. The van der Waals surface area contributed by atoms with Crippen LogP contribution in [0.2, 0.25) is 0 Å². The summed E-state index contributed by atoms with van der Waals surface area (Å²) in [7, 11) is 0. The lowest BCUT2D eigenvalue weighted by molar-refractivity contribution is -0.170. The molecule has 0 bridgehead atoms. The van der Waals surface area contributed by atoms with Crippen LogP contribution >= 0.6 is 0 Å². The second kappa shape index (κ2) is 3.37. The predicted octanol–water partition coefficient (Wildman–Crippen LogP) is 0.950. The maximum Gasteiger partial charge on any atom is 0.411 e. The highest BCUT2D eigenvalue weighted by Crippen LogP contribution is 2.48. The van der Waals surface area contributed by atoms with E-state index in [-0.39, 0.29) is 12.8 Å². The largest absolute Gasteiger partial charge is 0.411 e. The molecule has 2 fully saturated rings. The molecule has 1 heterocycles. The lowest BCUT2D eigenvalue weighted by Gasteiger charge is -2.22. The summed E-state index contributed by atoms with van der Waals surface area (Å²) in [6.45, 7) is 0.705. The maximum absolute atomic E-state index is 12.5. The number of amides is 1. The normalized spacial score (nSPS) is 28.9. The van der Waals surface area contributed by atoms with Crippen molar-refractivity contribution >= 4 is 5.91 Å². The zero-order valence-corrected chi connectivity index (χ0v) is 8.16. The van der Waals surface area contributed by atoms with Crippen LogP contribution in [0.3, 0.4) is 0 Å². The number of alkyl halides is 3. The molecule has 0 spiro atoms. The minimum atomic E-state index is -4.32. The molecule has 0 aromatic rings. The number of halogens is 3. The topological polar surface area (TPSA) is 41.1 Å². The van der Waals surface area contributed by atoms with Gasteiger partial charge in [0.05, 0.1) is 6.04 Å². The Morgan fingerprint density at radius 1 is 1.40 bits per heavy atom. The third kappa shape index (κ3) is 1.95. The van der Waals surface area contributed by atoms with Gasteiger partial charge in [0, 0.05) is 0 Å². The highest BCUT2D eigenvalue weighted by Gasteiger charge is 2.64. The van der Waals surface area contributed by atoms with Gasteiger partial charge in [-0.1, -0.05) is 0 Å². The number of rotatable bonds is 2. The summed E-state index contributed by atoms with van der Waals surface area (Å²) in [5.41, 5.74) is -1.92. The molecule has 1 aliphatic carbocycles. The molecule has 1 saturated heterocycles. The van der Waals surface area contributed by atoms with E-state index in [1.165, 1.54) is 0 Å². The highest BCUT2D eigenvalue weighted by atomic mass is 19.4. The smallest absolute Gasteiger partial charge is 0.341 e. The Labute approximate surface area is 85.4 Å².